The van der Waals surface area contributed by atoms with Gasteiger partial charge in [0.05, 0.1) is 16.7 Å². The Bertz CT molecular complexity index is 532. The van der Waals surface area contributed by atoms with Crippen molar-refractivity contribution in [2.24, 2.45) is 5.73 Å². The monoisotopic (exact) mass is 266 g/mol. The molecule has 0 spiro atoms. The van der Waals surface area contributed by atoms with E-state index >= 15 is 0 Å². The number of nitro groups is 1. The summed E-state index contributed by atoms with van der Waals surface area (Å²) in [4.78, 5) is 23.5. The van der Waals surface area contributed by atoms with Gasteiger partial charge in [0.2, 0.25) is 0 Å². The van der Waals surface area contributed by atoms with Crippen molar-refractivity contribution in [3.8, 4) is 5.75 Å². The molecule has 1 heterocycles. The van der Waals surface area contributed by atoms with Crippen molar-refractivity contribution in [3.63, 3.8) is 0 Å². The van der Waals surface area contributed by atoms with Gasteiger partial charge >= 0.3 is 0 Å². The Kier molecular flexibility index (Phi) is 3.52. The second kappa shape index (κ2) is 5.11. The van der Waals surface area contributed by atoms with Gasteiger partial charge in [-0.25, -0.2) is 0 Å². The van der Waals surface area contributed by atoms with E-state index in [0.29, 0.717) is 30.2 Å². The first-order valence-electron chi connectivity index (χ1n) is 5.69. The van der Waals surface area contributed by atoms with Crippen LogP contribution >= 0.6 is 0 Å². The van der Waals surface area contributed by atoms with E-state index in [9.17, 15) is 14.9 Å². The highest BCUT2D eigenvalue weighted by Crippen LogP contribution is 2.39. The fraction of sp³-hybridized carbons (Fsp3) is 0.364. The summed E-state index contributed by atoms with van der Waals surface area (Å²) in [6.07, 6.45) is 0. The summed E-state index contributed by atoms with van der Waals surface area (Å²) in [6.45, 7) is 0.699. The van der Waals surface area contributed by atoms with Gasteiger partial charge in [0.25, 0.3) is 11.6 Å². The third-order valence-electron chi connectivity index (χ3n) is 2.78. The Morgan fingerprint density at radius 1 is 1.58 bits per heavy atom. The number of carbonyl (C=O) groups excluding carboxylic acids is 1. The van der Waals surface area contributed by atoms with Crippen molar-refractivity contribution in [2.75, 3.05) is 37.0 Å². The fourth-order valence-corrected chi connectivity index (χ4v) is 1.87. The molecule has 102 valence electrons. The van der Waals surface area contributed by atoms with Crippen LogP contribution in [0.3, 0.4) is 0 Å². The highest BCUT2D eigenvalue weighted by Gasteiger charge is 2.25. The summed E-state index contributed by atoms with van der Waals surface area (Å²) in [5.74, 6) is 0.0185. The predicted molar refractivity (Wildman–Crippen MR) is 69.5 cm³/mol. The van der Waals surface area contributed by atoms with E-state index in [2.05, 4.69) is 5.32 Å². The maximum absolute atomic E-state index is 11.2. The number of hydrogen-bond donors (Lipinski definition) is 2. The van der Waals surface area contributed by atoms with Gasteiger partial charge in [0.15, 0.2) is 12.4 Å². The number of amides is 1. The molecule has 0 atom stereocenters. The highest BCUT2D eigenvalue weighted by atomic mass is 16.6. The van der Waals surface area contributed by atoms with Crippen LogP contribution in [0.2, 0.25) is 0 Å². The molecule has 19 heavy (non-hydrogen) atoms. The summed E-state index contributed by atoms with van der Waals surface area (Å²) >= 11 is 0. The molecule has 1 amide bonds. The molecule has 2 rings (SSSR count). The molecule has 1 aromatic rings. The lowest BCUT2D eigenvalue weighted by molar-refractivity contribution is -0.384. The number of nitrogens with zero attached hydrogens (tertiary/aromatic N) is 2. The van der Waals surface area contributed by atoms with Gasteiger partial charge in [-0.2, -0.15) is 0 Å². The lowest BCUT2D eigenvalue weighted by Gasteiger charge is -2.22. The Morgan fingerprint density at radius 3 is 2.95 bits per heavy atom. The van der Waals surface area contributed by atoms with Crippen LogP contribution in [0.15, 0.2) is 12.1 Å². The SMILES string of the molecule is CN(CCN)c1cc2c(cc1[N+](=O)[O-])OCC(=O)N2. The highest BCUT2D eigenvalue weighted by molar-refractivity contribution is 5.96. The number of benzene rings is 1. The lowest BCUT2D eigenvalue weighted by Crippen LogP contribution is -2.28. The van der Waals surface area contributed by atoms with Crippen LogP contribution in [0.1, 0.15) is 0 Å². The largest absolute Gasteiger partial charge is 0.481 e. The molecule has 3 N–H and O–H groups in total. The van der Waals surface area contributed by atoms with E-state index < -0.39 is 4.92 Å². The van der Waals surface area contributed by atoms with Crippen LogP contribution in [-0.4, -0.2) is 37.6 Å². The number of nitrogens with two attached hydrogens (primary N) is 1. The normalized spacial score (nSPS) is 13.3. The standard InChI is InChI=1S/C11H14N4O4/c1-14(3-2-12)8-4-7-10(5-9(8)15(17)18)19-6-11(16)13-7/h4-5H,2-3,6,12H2,1H3,(H,13,16). The van der Waals surface area contributed by atoms with Gasteiger partial charge in [0.1, 0.15) is 5.69 Å². The summed E-state index contributed by atoms with van der Waals surface area (Å²) in [6, 6.07) is 2.84. The van der Waals surface area contributed by atoms with Crippen LogP contribution in [-0.2, 0) is 4.79 Å². The van der Waals surface area contributed by atoms with Crippen LogP contribution in [0, 0.1) is 10.1 Å². The molecule has 1 aliphatic heterocycles. The van der Waals surface area contributed by atoms with Crippen LogP contribution in [0.25, 0.3) is 0 Å². The maximum Gasteiger partial charge on any atom is 0.296 e. The van der Waals surface area contributed by atoms with E-state index in [-0.39, 0.29) is 18.2 Å². The van der Waals surface area contributed by atoms with E-state index in [1.54, 1.807) is 11.9 Å². The second-order valence-corrected chi connectivity index (χ2v) is 4.14. The number of carbonyl (C=O) groups is 1. The van der Waals surface area contributed by atoms with Crippen molar-refractivity contribution in [2.45, 2.75) is 0 Å². The first kappa shape index (κ1) is 13.1. The zero-order valence-corrected chi connectivity index (χ0v) is 10.4. The van der Waals surface area contributed by atoms with Gasteiger partial charge in [-0.05, 0) is 6.07 Å². The Balaban J connectivity index is 2.48. The average molecular weight is 266 g/mol. The van der Waals surface area contributed by atoms with Gasteiger partial charge in [-0.15, -0.1) is 0 Å². The molecule has 0 fully saturated rings. The Labute approximate surface area is 109 Å². The number of nitro benzene ring substituents is 1. The molecule has 0 radical (unpaired) electrons. The van der Waals surface area contributed by atoms with E-state index in [1.165, 1.54) is 12.1 Å². The number of fused-ring (bicyclic) bond motifs is 1. The van der Waals surface area contributed by atoms with Crippen molar-refractivity contribution >= 4 is 23.0 Å². The minimum Gasteiger partial charge on any atom is -0.481 e. The first-order valence-corrected chi connectivity index (χ1v) is 5.69. The van der Waals surface area contributed by atoms with Gasteiger partial charge < -0.3 is 20.7 Å². The van der Waals surface area contributed by atoms with Gasteiger partial charge in [-0.1, -0.05) is 0 Å². The average Bonchev–Trinajstić information content (AvgIpc) is 2.37. The molecular weight excluding hydrogens is 252 g/mol. The first-order chi connectivity index (χ1) is 9.02. The molecule has 0 unspecified atom stereocenters. The third kappa shape index (κ3) is 2.58. The number of ether oxygens (including phenoxy) is 1. The number of rotatable bonds is 4. The molecule has 0 aromatic heterocycles. The summed E-state index contributed by atoms with van der Waals surface area (Å²) in [7, 11) is 1.70. The van der Waals surface area contributed by atoms with Crippen molar-refractivity contribution in [1.82, 2.24) is 0 Å². The van der Waals surface area contributed by atoms with Crippen molar-refractivity contribution in [1.29, 1.82) is 0 Å². The zero-order chi connectivity index (χ0) is 14.0. The fourth-order valence-electron chi connectivity index (χ4n) is 1.87. The van der Waals surface area contributed by atoms with E-state index in [4.69, 9.17) is 10.5 Å². The molecule has 0 saturated heterocycles. The van der Waals surface area contributed by atoms with E-state index in [0.717, 1.165) is 0 Å². The molecule has 0 bridgehead atoms. The number of anilines is 2. The van der Waals surface area contributed by atoms with Gasteiger partial charge in [-0.3, -0.25) is 14.9 Å². The minimum absolute atomic E-state index is 0.0779. The number of hydrogen-bond acceptors (Lipinski definition) is 6. The Hall–Kier alpha value is -2.35. The zero-order valence-electron chi connectivity index (χ0n) is 10.4. The topological polar surface area (TPSA) is 111 Å². The van der Waals surface area contributed by atoms with E-state index in [1.807, 2.05) is 0 Å². The summed E-state index contributed by atoms with van der Waals surface area (Å²) < 4.78 is 5.16. The summed E-state index contributed by atoms with van der Waals surface area (Å²) in [5.41, 5.74) is 6.19. The summed E-state index contributed by atoms with van der Waals surface area (Å²) in [5, 5.41) is 13.7. The molecule has 0 saturated carbocycles. The van der Waals surface area contributed by atoms with Gasteiger partial charge in [0, 0.05) is 20.1 Å². The van der Waals surface area contributed by atoms with Crippen LogP contribution < -0.4 is 20.7 Å². The third-order valence-corrected chi connectivity index (χ3v) is 2.78. The lowest BCUT2D eigenvalue weighted by atomic mass is 10.2. The molecule has 8 heteroatoms. The number of nitrogens with one attached hydrogen (secondary N) is 1. The molecule has 0 aliphatic carbocycles. The van der Waals surface area contributed by atoms with Crippen molar-refractivity contribution in [3.05, 3.63) is 22.2 Å². The minimum atomic E-state index is -0.484. The molecule has 8 nitrogen and oxygen atoms in total. The second-order valence-electron chi connectivity index (χ2n) is 4.14. The van der Waals surface area contributed by atoms with Crippen molar-refractivity contribution < 1.29 is 14.5 Å². The number of likely N-dealkylation sites (N-methyl/N-ethyl adjacent to an activating group) is 1. The quantitative estimate of drug-likeness (QED) is 0.599. The van der Waals surface area contributed by atoms with Crippen LogP contribution in [0.5, 0.6) is 5.75 Å². The molecule has 1 aromatic carbocycles. The smallest absolute Gasteiger partial charge is 0.296 e. The maximum atomic E-state index is 11.2. The Morgan fingerprint density at radius 2 is 2.32 bits per heavy atom. The predicted octanol–water partition coefficient (Wildman–Crippen LogP) is 0.321. The van der Waals surface area contributed by atoms with Crippen LogP contribution in [0.4, 0.5) is 17.1 Å². The molecular formula is C11H14N4O4. The molecule has 1 aliphatic rings.